The van der Waals surface area contributed by atoms with Crippen molar-refractivity contribution in [2.24, 2.45) is 0 Å². The molecule has 4 rings (SSSR count). The fraction of sp³-hybridized carbons (Fsp3) is 0.933. The first-order valence-corrected chi connectivity index (χ1v) is 24.8. The highest BCUT2D eigenvalue weighted by molar-refractivity contribution is 5.82. The minimum absolute atomic E-state index is 0.0554. The molecule has 3 atom stereocenters. The molecule has 4 saturated heterocycles. The van der Waals surface area contributed by atoms with Crippen LogP contribution in [-0.2, 0) is 85.4 Å². The molecular formula is C45H84N6O18. The molecule has 0 saturated carbocycles. The second-order valence-electron chi connectivity index (χ2n) is 16.3. The van der Waals surface area contributed by atoms with Crippen molar-refractivity contribution in [1.82, 2.24) is 30.7 Å². The van der Waals surface area contributed by atoms with Gasteiger partial charge >= 0.3 is 0 Å². The van der Waals surface area contributed by atoms with Gasteiger partial charge in [-0.15, -0.1) is 0 Å². The number of amides is 3. The lowest BCUT2D eigenvalue weighted by molar-refractivity contribution is -0.158. The summed E-state index contributed by atoms with van der Waals surface area (Å²) >= 11 is 0. The molecule has 4 aliphatic rings. The van der Waals surface area contributed by atoms with Crippen LogP contribution in [0.5, 0.6) is 0 Å². The zero-order valence-electron chi connectivity index (χ0n) is 41.0. The fourth-order valence-corrected chi connectivity index (χ4v) is 7.02. The molecule has 3 amide bonds. The van der Waals surface area contributed by atoms with Crippen LogP contribution in [0.2, 0.25) is 0 Å². The summed E-state index contributed by atoms with van der Waals surface area (Å²) in [5, 5.41) is 9.96. The van der Waals surface area contributed by atoms with E-state index in [1.54, 1.807) is 14.7 Å². The SMILES string of the molecule is O=C(CCNCC1COCCOCCOCCOCCO1)N1CN(C(=O)CCNCC2COCCOCCOCCOCCO2)CN(C(=O)CCNCC2COCCOCCOCCOCCO2)C1. The Bertz CT molecular complexity index is 1090. The quantitative estimate of drug-likeness (QED) is 0.146. The number of nitrogens with one attached hydrogen (secondary N) is 3. The van der Waals surface area contributed by atoms with E-state index in [2.05, 4.69) is 16.0 Å². The third-order valence-electron chi connectivity index (χ3n) is 10.7. The molecule has 3 N–H and O–H groups in total. The summed E-state index contributed by atoms with van der Waals surface area (Å²) < 4.78 is 85.2. The normalized spacial score (nSPS) is 24.9. The van der Waals surface area contributed by atoms with Crippen molar-refractivity contribution in [1.29, 1.82) is 0 Å². The third kappa shape index (κ3) is 30.4. The number of ether oxygens (including phenoxy) is 15. The minimum atomic E-state index is -0.275. The Morgan fingerprint density at radius 3 is 0.739 bits per heavy atom. The van der Waals surface area contributed by atoms with E-state index in [1.165, 1.54) is 0 Å². The van der Waals surface area contributed by atoms with Gasteiger partial charge < -0.3 is 102 Å². The van der Waals surface area contributed by atoms with Crippen LogP contribution in [0.4, 0.5) is 0 Å². The van der Waals surface area contributed by atoms with Crippen molar-refractivity contribution in [3.8, 4) is 0 Å². The second-order valence-corrected chi connectivity index (χ2v) is 16.3. The molecule has 24 heteroatoms. The first-order chi connectivity index (χ1) is 34.1. The molecular weight excluding hydrogens is 913 g/mol. The van der Waals surface area contributed by atoms with Gasteiger partial charge in [-0.1, -0.05) is 0 Å². The van der Waals surface area contributed by atoms with Crippen molar-refractivity contribution < 1.29 is 85.4 Å². The van der Waals surface area contributed by atoms with E-state index in [-0.39, 0.29) is 75.3 Å². The molecule has 24 nitrogen and oxygen atoms in total. The molecule has 69 heavy (non-hydrogen) atoms. The van der Waals surface area contributed by atoms with Gasteiger partial charge in [-0.05, 0) is 0 Å². The van der Waals surface area contributed by atoms with Crippen LogP contribution in [0.3, 0.4) is 0 Å². The Kier molecular flexibility index (Phi) is 35.4. The average molecular weight is 997 g/mol. The molecule has 3 unspecified atom stereocenters. The lowest BCUT2D eigenvalue weighted by atomic mass is 10.3. The minimum Gasteiger partial charge on any atom is -0.377 e. The van der Waals surface area contributed by atoms with Gasteiger partial charge in [0.1, 0.15) is 0 Å². The zero-order valence-corrected chi connectivity index (χ0v) is 41.0. The van der Waals surface area contributed by atoms with Crippen molar-refractivity contribution in [3.05, 3.63) is 0 Å². The van der Waals surface area contributed by atoms with Crippen molar-refractivity contribution in [3.63, 3.8) is 0 Å². The Morgan fingerprint density at radius 1 is 0.304 bits per heavy atom. The molecule has 402 valence electrons. The van der Waals surface area contributed by atoms with E-state index in [9.17, 15) is 14.4 Å². The predicted molar refractivity (Wildman–Crippen MR) is 247 cm³/mol. The average Bonchev–Trinajstić information content (AvgIpc) is 3.39. The van der Waals surface area contributed by atoms with Gasteiger partial charge in [-0.2, -0.15) is 0 Å². The van der Waals surface area contributed by atoms with Crippen LogP contribution >= 0.6 is 0 Å². The summed E-state index contributed by atoms with van der Waals surface area (Å²) in [6, 6.07) is 0. The standard InChI is InChI=1S/C45H84N6O18/c52-43(1-4-46-31-40-34-64-22-19-58-10-7-55-13-16-61-25-28-67-40)49-37-50(44(53)2-5-47-32-41-35-65-23-20-59-11-8-56-14-17-62-26-29-68-41)39-51(38-49)45(54)3-6-48-33-42-36-66-24-21-60-12-9-57-15-18-63-27-30-69-42/h40-42,46-48H,1-39H2. The molecule has 0 bridgehead atoms. The lowest BCUT2D eigenvalue weighted by Gasteiger charge is -2.42. The Labute approximate surface area is 408 Å². The van der Waals surface area contributed by atoms with Crippen LogP contribution in [0, 0.1) is 0 Å². The highest BCUT2D eigenvalue weighted by Crippen LogP contribution is 2.12. The topological polar surface area (TPSA) is 235 Å². The second kappa shape index (κ2) is 41.2. The monoisotopic (exact) mass is 997 g/mol. The maximum atomic E-state index is 13.8. The van der Waals surface area contributed by atoms with E-state index < -0.39 is 0 Å². The number of carbonyl (C=O) groups is 3. The van der Waals surface area contributed by atoms with Gasteiger partial charge in [-0.3, -0.25) is 14.4 Å². The molecule has 0 aromatic carbocycles. The number of nitrogens with zero attached hydrogens (tertiary/aromatic N) is 3. The van der Waals surface area contributed by atoms with Crippen LogP contribution in [0.25, 0.3) is 0 Å². The van der Waals surface area contributed by atoms with E-state index in [4.69, 9.17) is 71.1 Å². The van der Waals surface area contributed by atoms with E-state index in [0.717, 1.165) is 0 Å². The van der Waals surface area contributed by atoms with Crippen LogP contribution < -0.4 is 16.0 Å². The van der Waals surface area contributed by atoms with Crippen molar-refractivity contribution in [2.75, 3.05) is 238 Å². The van der Waals surface area contributed by atoms with Gasteiger partial charge in [0, 0.05) is 58.5 Å². The fourth-order valence-electron chi connectivity index (χ4n) is 7.02. The third-order valence-corrected chi connectivity index (χ3v) is 10.7. The maximum absolute atomic E-state index is 13.8. The van der Waals surface area contributed by atoms with Crippen molar-refractivity contribution >= 4 is 17.7 Å². The summed E-state index contributed by atoms with van der Waals surface area (Å²) in [7, 11) is 0. The number of hydrogen-bond acceptors (Lipinski definition) is 21. The molecule has 0 spiro atoms. The first-order valence-electron chi connectivity index (χ1n) is 24.8. The first kappa shape index (κ1) is 59.3. The summed E-state index contributed by atoms with van der Waals surface area (Å²) in [5.41, 5.74) is 0. The molecule has 0 radical (unpaired) electrons. The predicted octanol–water partition coefficient (Wildman–Crippen LogP) is -2.31. The maximum Gasteiger partial charge on any atom is 0.226 e. The van der Waals surface area contributed by atoms with Gasteiger partial charge in [0.25, 0.3) is 0 Å². The summed E-state index contributed by atoms with van der Waals surface area (Å²) in [5.74, 6) is -0.603. The molecule has 0 aromatic heterocycles. The highest BCUT2D eigenvalue weighted by atomic mass is 16.6. The summed E-state index contributed by atoms with van der Waals surface area (Å²) in [4.78, 5) is 46.0. The van der Waals surface area contributed by atoms with E-state index in [1.807, 2.05) is 0 Å². The van der Waals surface area contributed by atoms with Gasteiger partial charge in [0.05, 0.1) is 217 Å². The largest absolute Gasteiger partial charge is 0.377 e. The van der Waals surface area contributed by atoms with Crippen LogP contribution in [0.15, 0.2) is 0 Å². The molecule has 4 aliphatic heterocycles. The Hall–Kier alpha value is -2.31. The number of hydrogen-bond donors (Lipinski definition) is 3. The van der Waals surface area contributed by atoms with Crippen molar-refractivity contribution in [2.45, 2.75) is 37.6 Å². The molecule has 0 aromatic rings. The van der Waals surface area contributed by atoms with Crippen LogP contribution in [-0.4, -0.2) is 288 Å². The summed E-state index contributed by atoms with van der Waals surface area (Å²) in [6.07, 6.45) is -0.406. The highest BCUT2D eigenvalue weighted by Gasteiger charge is 2.31. The van der Waals surface area contributed by atoms with E-state index >= 15 is 0 Å². The van der Waals surface area contributed by atoms with E-state index in [0.29, 0.717) is 218 Å². The number of carbonyl (C=O) groups excluding carboxylic acids is 3. The molecule has 0 aliphatic carbocycles. The zero-order chi connectivity index (χ0) is 48.5. The van der Waals surface area contributed by atoms with Gasteiger partial charge in [0.15, 0.2) is 0 Å². The lowest BCUT2D eigenvalue weighted by Crippen LogP contribution is -2.60. The Balaban J connectivity index is 1.27. The molecule has 4 fully saturated rings. The van der Waals surface area contributed by atoms with Crippen LogP contribution in [0.1, 0.15) is 19.3 Å². The summed E-state index contributed by atoms with van der Waals surface area (Å²) in [6.45, 7) is 14.3. The van der Waals surface area contributed by atoms with Gasteiger partial charge in [-0.25, -0.2) is 0 Å². The van der Waals surface area contributed by atoms with Gasteiger partial charge in [0.2, 0.25) is 17.7 Å². The smallest absolute Gasteiger partial charge is 0.226 e. The number of rotatable bonds is 15. The Morgan fingerprint density at radius 2 is 0.507 bits per heavy atom. The molecule has 4 heterocycles.